The van der Waals surface area contributed by atoms with Crippen LogP contribution in [-0.4, -0.2) is 41.6 Å². The lowest BCUT2D eigenvalue weighted by Gasteiger charge is -2.22. The molecular weight excluding hydrogens is 397 g/mol. The van der Waals surface area contributed by atoms with Gasteiger partial charge in [0.05, 0.1) is 6.04 Å². The van der Waals surface area contributed by atoms with Crippen molar-refractivity contribution in [1.82, 2.24) is 15.1 Å². The zero-order valence-electron chi connectivity index (χ0n) is 15.3. The van der Waals surface area contributed by atoms with E-state index >= 15 is 0 Å². The molecule has 1 aromatic carbocycles. The molecule has 1 aliphatic heterocycles. The molecule has 0 bridgehead atoms. The van der Waals surface area contributed by atoms with Gasteiger partial charge in [0, 0.05) is 24.0 Å². The second-order valence-electron chi connectivity index (χ2n) is 6.47. The number of amides is 1. The average molecular weight is 419 g/mol. The maximum Gasteiger partial charge on any atom is 0.422 e. The van der Waals surface area contributed by atoms with Crippen molar-refractivity contribution in [3.63, 3.8) is 0 Å². The van der Waals surface area contributed by atoms with Gasteiger partial charge < -0.3 is 15.4 Å². The minimum atomic E-state index is -4.42. The number of rotatable bonds is 5. The summed E-state index contributed by atoms with van der Waals surface area (Å²) in [4.78, 5) is 12.5. The Labute approximate surface area is 166 Å². The Morgan fingerprint density at radius 2 is 2.18 bits per heavy atom. The number of ether oxygens (including phenoxy) is 1. The number of halogens is 4. The van der Waals surface area contributed by atoms with E-state index in [2.05, 4.69) is 15.7 Å². The Hall–Kier alpha value is -2.26. The first-order valence-electron chi connectivity index (χ1n) is 8.70. The summed E-state index contributed by atoms with van der Waals surface area (Å²) in [7, 11) is 0. The number of nitrogens with one attached hydrogen (secondary N) is 2. The molecular formula is C18H22ClF3N4O2. The van der Waals surface area contributed by atoms with Gasteiger partial charge in [-0.2, -0.15) is 18.3 Å². The Balaban J connectivity index is 0.00000280. The molecule has 1 aromatic heterocycles. The molecule has 1 saturated heterocycles. The minimum Gasteiger partial charge on any atom is -0.484 e. The Morgan fingerprint density at radius 1 is 1.39 bits per heavy atom. The van der Waals surface area contributed by atoms with Gasteiger partial charge >= 0.3 is 6.18 Å². The van der Waals surface area contributed by atoms with Crippen molar-refractivity contribution in [3.8, 4) is 5.75 Å². The summed E-state index contributed by atoms with van der Waals surface area (Å²) in [5, 5.41) is 10.3. The van der Waals surface area contributed by atoms with Gasteiger partial charge in [0.2, 0.25) is 0 Å². The highest BCUT2D eigenvalue weighted by Gasteiger charge is 2.29. The minimum absolute atomic E-state index is 0. The van der Waals surface area contributed by atoms with Crippen LogP contribution in [0.1, 0.15) is 34.9 Å². The zero-order valence-corrected chi connectivity index (χ0v) is 16.1. The topological polar surface area (TPSA) is 68.2 Å². The number of anilines is 1. The van der Waals surface area contributed by atoms with Gasteiger partial charge in [-0.05, 0) is 44.5 Å². The molecule has 2 aromatic rings. The lowest BCUT2D eigenvalue weighted by molar-refractivity contribution is -0.153. The fraction of sp³-hybridized carbons (Fsp3) is 0.444. The third-order valence-corrected chi connectivity index (χ3v) is 4.41. The third-order valence-electron chi connectivity index (χ3n) is 4.41. The molecule has 2 heterocycles. The summed E-state index contributed by atoms with van der Waals surface area (Å²) in [5.74, 6) is -0.350. The number of alkyl halides is 3. The second kappa shape index (κ2) is 9.29. The van der Waals surface area contributed by atoms with Crippen LogP contribution >= 0.6 is 12.4 Å². The number of nitrogens with zero attached hydrogens (tertiary/aromatic N) is 2. The van der Waals surface area contributed by atoms with Crippen molar-refractivity contribution in [2.45, 2.75) is 32.0 Å². The van der Waals surface area contributed by atoms with E-state index in [1.54, 1.807) is 29.9 Å². The predicted octanol–water partition coefficient (Wildman–Crippen LogP) is 3.73. The normalized spacial score (nSPS) is 16.9. The maximum atomic E-state index is 12.5. The van der Waals surface area contributed by atoms with Crippen molar-refractivity contribution < 1.29 is 22.7 Å². The van der Waals surface area contributed by atoms with Crippen LogP contribution in [0.4, 0.5) is 18.9 Å². The molecule has 0 radical (unpaired) electrons. The second-order valence-corrected chi connectivity index (χ2v) is 6.47. The first-order valence-corrected chi connectivity index (χ1v) is 8.70. The summed E-state index contributed by atoms with van der Waals surface area (Å²) in [6.07, 6.45) is -0.613. The Bertz CT molecular complexity index is 804. The van der Waals surface area contributed by atoms with Crippen molar-refractivity contribution >= 4 is 24.0 Å². The van der Waals surface area contributed by atoms with Crippen LogP contribution in [0, 0.1) is 6.92 Å². The predicted molar refractivity (Wildman–Crippen MR) is 101 cm³/mol. The number of piperidine rings is 1. The highest BCUT2D eigenvalue weighted by Crippen LogP contribution is 2.27. The van der Waals surface area contributed by atoms with Crippen molar-refractivity contribution in [1.29, 1.82) is 0 Å². The highest BCUT2D eigenvalue weighted by molar-refractivity contribution is 6.03. The van der Waals surface area contributed by atoms with Crippen LogP contribution in [0.3, 0.4) is 0 Å². The quantitative estimate of drug-likeness (QED) is 0.776. The van der Waals surface area contributed by atoms with Crippen LogP contribution in [0.25, 0.3) is 0 Å². The van der Waals surface area contributed by atoms with Crippen molar-refractivity contribution in [2.24, 2.45) is 0 Å². The van der Waals surface area contributed by atoms with E-state index in [0.29, 0.717) is 11.3 Å². The number of hydrogen-bond acceptors (Lipinski definition) is 4. The fourth-order valence-electron chi connectivity index (χ4n) is 2.97. The molecule has 1 aliphatic rings. The molecule has 10 heteroatoms. The smallest absolute Gasteiger partial charge is 0.422 e. The molecule has 0 saturated carbocycles. The molecule has 3 rings (SSSR count). The number of carbonyl (C=O) groups excluding carboxylic acids is 1. The first-order chi connectivity index (χ1) is 12.8. The number of aromatic nitrogens is 2. The summed E-state index contributed by atoms with van der Waals surface area (Å²) in [6.45, 7) is 2.00. The van der Waals surface area contributed by atoms with Gasteiger partial charge in [-0.25, -0.2) is 0 Å². The van der Waals surface area contributed by atoms with E-state index < -0.39 is 18.7 Å². The molecule has 0 aliphatic carbocycles. The van der Waals surface area contributed by atoms with E-state index in [0.717, 1.165) is 25.9 Å². The van der Waals surface area contributed by atoms with E-state index in [9.17, 15) is 18.0 Å². The summed E-state index contributed by atoms with van der Waals surface area (Å²) >= 11 is 0. The zero-order chi connectivity index (χ0) is 19.4. The van der Waals surface area contributed by atoms with E-state index in [1.807, 2.05) is 0 Å². The van der Waals surface area contributed by atoms with E-state index in [1.165, 1.54) is 12.1 Å². The summed E-state index contributed by atoms with van der Waals surface area (Å²) < 4.78 is 43.6. The van der Waals surface area contributed by atoms with Crippen LogP contribution in [0.2, 0.25) is 0 Å². The van der Waals surface area contributed by atoms with Gasteiger partial charge in [0.15, 0.2) is 12.3 Å². The maximum absolute atomic E-state index is 12.5. The standard InChI is InChI=1S/C18H21F3N4O2.ClH/c1-12-14(5-2-6-16(12)27-11-18(19,20)21)23-17(26)15-7-9-25(24-15)13-4-3-8-22-10-13;/h2,5-7,9,13,22H,3-4,8,10-11H2,1H3,(H,23,26);1H. The van der Waals surface area contributed by atoms with Crippen LogP contribution in [0.15, 0.2) is 30.5 Å². The van der Waals surface area contributed by atoms with E-state index in [4.69, 9.17) is 4.74 Å². The van der Waals surface area contributed by atoms with Gasteiger partial charge in [-0.15, -0.1) is 12.4 Å². The van der Waals surface area contributed by atoms with Crippen molar-refractivity contribution in [2.75, 3.05) is 25.0 Å². The van der Waals surface area contributed by atoms with Crippen LogP contribution < -0.4 is 15.4 Å². The Kier molecular flexibility index (Phi) is 7.31. The third kappa shape index (κ3) is 5.62. The largest absolute Gasteiger partial charge is 0.484 e. The number of hydrogen-bond donors (Lipinski definition) is 2. The molecule has 2 N–H and O–H groups in total. The number of carbonyl (C=O) groups is 1. The monoisotopic (exact) mass is 418 g/mol. The SMILES string of the molecule is Cc1c(NC(=O)c2ccn(C3CCCNC3)n2)cccc1OCC(F)(F)F.Cl. The lowest BCUT2D eigenvalue weighted by Crippen LogP contribution is -2.32. The fourth-order valence-corrected chi connectivity index (χ4v) is 2.97. The van der Waals surface area contributed by atoms with Gasteiger partial charge in [-0.1, -0.05) is 6.07 Å². The van der Waals surface area contributed by atoms with Gasteiger partial charge in [-0.3, -0.25) is 9.48 Å². The van der Waals surface area contributed by atoms with Gasteiger partial charge in [0.25, 0.3) is 5.91 Å². The molecule has 1 atom stereocenters. The van der Waals surface area contributed by atoms with Crippen molar-refractivity contribution in [3.05, 3.63) is 41.7 Å². The average Bonchev–Trinajstić information content (AvgIpc) is 3.13. The molecule has 1 amide bonds. The van der Waals surface area contributed by atoms with E-state index in [-0.39, 0.29) is 29.9 Å². The summed E-state index contributed by atoms with van der Waals surface area (Å²) in [6, 6.07) is 6.40. The molecule has 0 spiro atoms. The molecule has 28 heavy (non-hydrogen) atoms. The van der Waals surface area contributed by atoms with Gasteiger partial charge in [0.1, 0.15) is 5.75 Å². The first kappa shape index (κ1) is 22.0. The summed E-state index contributed by atoms with van der Waals surface area (Å²) in [5.41, 5.74) is 1.06. The molecule has 154 valence electrons. The highest BCUT2D eigenvalue weighted by atomic mass is 35.5. The number of benzene rings is 1. The van der Waals surface area contributed by atoms with Crippen LogP contribution in [0.5, 0.6) is 5.75 Å². The Morgan fingerprint density at radius 3 is 2.86 bits per heavy atom. The lowest BCUT2D eigenvalue weighted by atomic mass is 10.1. The molecule has 1 unspecified atom stereocenters. The van der Waals surface area contributed by atoms with Crippen LogP contribution in [-0.2, 0) is 0 Å². The molecule has 6 nitrogen and oxygen atoms in total. The molecule has 1 fully saturated rings.